The number of rotatable bonds is 5. The van der Waals surface area contributed by atoms with Crippen LogP contribution in [0.3, 0.4) is 0 Å². The first kappa shape index (κ1) is 19.3. The van der Waals surface area contributed by atoms with Gasteiger partial charge in [-0.3, -0.25) is 4.79 Å². The SMILES string of the molecule is O=c1[nH]ccc2cc(Nc3ccccc3)nc(Nc3ccc(C4CCNCC4)cc3)c12. The Kier molecular flexibility index (Phi) is 5.37. The molecule has 0 aliphatic carbocycles. The lowest BCUT2D eigenvalue weighted by molar-refractivity contribution is 0.460. The summed E-state index contributed by atoms with van der Waals surface area (Å²) >= 11 is 0. The quantitative estimate of drug-likeness (QED) is 0.376. The van der Waals surface area contributed by atoms with Gasteiger partial charge in [0.15, 0.2) is 0 Å². The van der Waals surface area contributed by atoms with Gasteiger partial charge in [0.2, 0.25) is 0 Å². The van der Waals surface area contributed by atoms with Gasteiger partial charge in [0.25, 0.3) is 5.56 Å². The summed E-state index contributed by atoms with van der Waals surface area (Å²) in [6.45, 7) is 2.15. The van der Waals surface area contributed by atoms with Crippen molar-refractivity contribution in [2.45, 2.75) is 18.8 Å². The van der Waals surface area contributed by atoms with E-state index in [1.165, 1.54) is 18.4 Å². The molecule has 1 saturated heterocycles. The largest absolute Gasteiger partial charge is 0.340 e. The van der Waals surface area contributed by atoms with Crippen molar-refractivity contribution in [3.63, 3.8) is 0 Å². The second-order valence-corrected chi connectivity index (χ2v) is 7.89. The number of aromatic nitrogens is 2. The fraction of sp³-hybridized carbons (Fsp3) is 0.200. The van der Waals surface area contributed by atoms with E-state index in [-0.39, 0.29) is 5.56 Å². The van der Waals surface area contributed by atoms with Crippen molar-refractivity contribution in [2.75, 3.05) is 23.7 Å². The summed E-state index contributed by atoms with van der Waals surface area (Å²) in [6.07, 6.45) is 4.00. The normalized spacial score (nSPS) is 14.5. The van der Waals surface area contributed by atoms with E-state index in [4.69, 9.17) is 4.98 Å². The fourth-order valence-corrected chi connectivity index (χ4v) is 4.17. The molecular formula is C25H25N5O. The first-order valence-corrected chi connectivity index (χ1v) is 10.7. The lowest BCUT2D eigenvalue weighted by Gasteiger charge is -2.23. The fourth-order valence-electron chi connectivity index (χ4n) is 4.17. The highest BCUT2D eigenvalue weighted by atomic mass is 16.1. The Labute approximate surface area is 180 Å². The van der Waals surface area contributed by atoms with E-state index >= 15 is 0 Å². The molecule has 156 valence electrons. The highest BCUT2D eigenvalue weighted by Crippen LogP contribution is 2.29. The lowest BCUT2D eigenvalue weighted by Crippen LogP contribution is -2.26. The molecule has 1 aliphatic heterocycles. The number of hydrogen-bond donors (Lipinski definition) is 4. The molecule has 31 heavy (non-hydrogen) atoms. The monoisotopic (exact) mass is 411 g/mol. The molecule has 4 N–H and O–H groups in total. The number of pyridine rings is 2. The maximum Gasteiger partial charge on any atom is 0.259 e. The number of H-pyrrole nitrogens is 1. The van der Waals surface area contributed by atoms with Gasteiger partial charge in [-0.2, -0.15) is 0 Å². The van der Waals surface area contributed by atoms with Crippen LogP contribution >= 0.6 is 0 Å². The van der Waals surface area contributed by atoms with Gasteiger partial charge < -0.3 is 20.9 Å². The summed E-state index contributed by atoms with van der Waals surface area (Å²) in [5, 5.41) is 11.5. The van der Waals surface area contributed by atoms with Gasteiger partial charge in [0.1, 0.15) is 11.6 Å². The Hall–Kier alpha value is -3.64. The van der Waals surface area contributed by atoms with Crippen LogP contribution in [-0.2, 0) is 0 Å². The summed E-state index contributed by atoms with van der Waals surface area (Å²) in [4.78, 5) is 20.0. The predicted octanol–water partition coefficient (Wildman–Crippen LogP) is 4.88. The maximum atomic E-state index is 12.6. The van der Waals surface area contributed by atoms with E-state index in [2.05, 4.69) is 45.2 Å². The molecule has 4 aromatic rings. The number of piperidine rings is 1. The van der Waals surface area contributed by atoms with E-state index in [1.54, 1.807) is 6.20 Å². The Morgan fingerprint density at radius 2 is 1.61 bits per heavy atom. The van der Waals surface area contributed by atoms with Crippen LogP contribution in [0.4, 0.5) is 23.0 Å². The molecule has 6 nitrogen and oxygen atoms in total. The van der Waals surface area contributed by atoms with Crippen molar-refractivity contribution in [3.05, 3.63) is 88.8 Å². The molecule has 0 bridgehead atoms. The third-order valence-corrected chi connectivity index (χ3v) is 5.78. The molecule has 1 aliphatic rings. The Morgan fingerprint density at radius 1 is 0.871 bits per heavy atom. The van der Waals surface area contributed by atoms with Crippen LogP contribution < -0.4 is 21.5 Å². The van der Waals surface area contributed by atoms with Gasteiger partial charge >= 0.3 is 0 Å². The average Bonchev–Trinajstić information content (AvgIpc) is 2.81. The number of benzene rings is 2. The van der Waals surface area contributed by atoms with Crippen LogP contribution in [0.15, 0.2) is 77.7 Å². The van der Waals surface area contributed by atoms with E-state index in [0.717, 1.165) is 29.9 Å². The van der Waals surface area contributed by atoms with Crippen molar-refractivity contribution in [1.29, 1.82) is 0 Å². The van der Waals surface area contributed by atoms with E-state index < -0.39 is 0 Å². The van der Waals surface area contributed by atoms with Crippen molar-refractivity contribution in [3.8, 4) is 0 Å². The molecule has 0 radical (unpaired) electrons. The molecular weight excluding hydrogens is 386 g/mol. The maximum absolute atomic E-state index is 12.6. The summed E-state index contributed by atoms with van der Waals surface area (Å²) in [6, 6.07) is 22.1. The Bertz CT molecular complexity index is 1230. The minimum atomic E-state index is -0.162. The molecule has 0 saturated carbocycles. The van der Waals surface area contributed by atoms with Crippen LogP contribution in [0, 0.1) is 0 Å². The van der Waals surface area contributed by atoms with Crippen LogP contribution in [-0.4, -0.2) is 23.1 Å². The van der Waals surface area contributed by atoms with Gasteiger partial charge in [-0.1, -0.05) is 30.3 Å². The zero-order valence-corrected chi connectivity index (χ0v) is 17.2. The van der Waals surface area contributed by atoms with E-state index in [0.29, 0.717) is 22.9 Å². The highest BCUT2D eigenvalue weighted by Gasteiger charge is 2.15. The predicted molar refractivity (Wildman–Crippen MR) is 127 cm³/mol. The Balaban J connectivity index is 1.47. The number of nitrogens with one attached hydrogen (secondary N) is 4. The first-order chi connectivity index (χ1) is 15.3. The summed E-state index contributed by atoms with van der Waals surface area (Å²) in [5.74, 6) is 1.82. The number of nitrogens with zero attached hydrogens (tertiary/aromatic N) is 1. The topological polar surface area (TPSA) is 81.8 Å². The smallest absolute Gasteiger partial charge is 0.259 e. The van der Waals surface area contributed by atoms with Crippen LogP contribution in [0.2, 0.25) is 0 Å². The zero-order valence-electron chi connectivity index (χ0n) is 17.2. The van der Waals surface area contributed by atoms with Gasteiger partial charge in [-0.15, -0.1) is 0 Å². The van der Waals surface area contributed by atoms with E-state index in [1.807, 2.05) is 42.5 Å². The molecule has 0 amide bonds. The van der Waals surface area contributed by atoms with Crippen LogP contribution in [0.5, 0.6) is 0 Å². The number of anilines is 4. The second-order valence-electron chi connectivity index (χ2n) is 7.89. The van der Waals surface area contributed by atoms with Crippen molar-refractivity contribution in [2.24, 2.45) is 0 Å². The highest BCUT2D eigenvalue weighted by molar-refractivity contribution is 5.94. The van der Waals surface area contributed by atoms with Crippen molar-refractivity contribution < 1.29 is 0 Å². The minimum absolute atomic E-state index is 0.162. The summed E-state index contributed by atoms with van der Waals surface area (Å²) in [7, 11) is 0. The molecule has 1 fully saturated rings. The van der Waals surface area contributed by atoms with Gasteiger partial charge in [-0.25, -0.2) is 4.98 Å². The third kappa shape index (κ3) is 4.29. The third-order valence-electron chi connectivity index (χ3n) is 5.78. The molecule has 2 aromatic heterocycles. The van der Waals surface area contributed by atoms with Crippen LogP contribution in [0.25, 0.3) is 10.8 Å². The van der Waals surface area contributed by atoms with Crippen molar-refractivity contribution in [1.82, 2.24) is 15.3 Å². The first-order valence-electron chi connectivity index (χ1n) is 10.7. The molecule has 3 heterocycles. The number of hydrogen-bond acceptors (Lipinski definition) is 5. The molecule has 2 aromatic carbocycles. The summed E-state index contributed by atoms with van der Waals surface area (Å²) in [5.41, 5.74) is 3.05. The summed E-state index contributed by atoms with van der Waals surface area (Å²) < 4.78 is 0. The molecule has 0 unspecified atom stereocenters. The van der Waals surface area contributed by atoms with Gasteiger partial charge in [0, 0.05) is 17.6 Å². The zero-order chi connectivity index (χ0) is 21.0. The standard InChI is InChI=1S/C25H25N5O/c31-25-23-19(12-15-27-25)16-22(28-20-4-2-1-3-5-20)30-24(23)29-21-8-6-17(7-9-21)18-10-13-26-14-11-18/h1-9,12,15-16,18,26H,10-11,13-14H2,(H,27,31)(H2,28,29,30). The molecule has 6 heteroatoms. The van der Waals surface area contributed by atoms with Crippen LogP contribution in [0.1, 0.15) is 24.3 Å². The van der Waals surface area contributed by atoms with Crippen molar-refractivity contribution >= 4 is 33.8 Å². The van der Waals surface area contributed by atoms with Gasteiger partial charge in [-0.05, 0) is 79.2 Å². The Morgan fingerprint density at radius 3 is 2.39 bits per heavy atom. The lowest BCUT2D eigenvalue weighted by atomic mass is 9.90. The minimum Gasteiger partial charge on any atom is -0.340 e. The van der Waals surface area contributed by atoms with E-state index in [9.17, 15) is 4.79 Å². The molecule has 0 spiro atoms. The number of aromatic amines is 1. The number of para-hydroxylation sites is 1. The van der Waals surface area contributed by atoms with Gasteiger partial charge in [0.05, 0.1) is 5.39 Å². The average molecular weight is 412 g/mol. The number of fused-ring (bicyclic) bond motifs is 1. The molecule has 5 rings (SSSR count). The molecule has 0 atom stereocenters. The second kappa shape index (κ2) is 8.62.